The maximum Gasteiger partial charge on any atom is 0.271 e. The summed E-state index contributed by atoms with van der Waals surface area (Å²) in [5, 5.41) is 4.51. The first-order valence-electron chi connectivity index (χ1n) is 6.12. The molecule has 0 spiro atoms. The molecule has 3 nitrogen and oxygen atoms in total. The predicted octanol–water partition coefficient (Wildman–Crippen LogP) is 2.87. The summed E-state index contributed by atoms with van der Waals surface area (Å²) in [6, 6.07) is 9.39. The van der Waals surface area contributed by atoms with E-state index in [-0.39, 0.29) is 5.56 Å². The fourth-order valence-corrected chi connectivity index (χ4v) is 2.74. The summed E-state index contributed by atoms with van der Waals surface area (Å²) >= 11 is 3.42. The molecular weight excluding hydrogens is 292 g/mol. The molecule has 1 aromatic heterocycles. The Kier molecular flexibility index (Phi) is 3.04. The van der Waals surface area contributed by atoms with Crippen molar-refractivity contribution in [1.29, 1.82) is 0 Å². The van der Waals surface area contributed by atoms with Gasteiger partial charge in [0.05, 0.1) is 11.4 Å². The molecule has 0 radical (unpaired) electrons. The maximum absolute atomic E-state index is 12.1. The smallest absolute Gasteiger partial charge is 0.267 e. The number of fused-ring (bicyclic) bond motifs is 1. The molecule has 18 heavy (non-hydrogen) atoms. The SMILES string of the molecule is O=c1cc2c(nn1-c1cccc(Br)c1)CCCC2. The van der Waals surface area contributed by atoms with Crippen LogP contribution in [-0.4, -0.2) is 9.78 Å². The normalized spacial score (nSPS) is 14.3. The Morgan fingerprint density at radius 1 is 1.17 bits per heavy atom. The fraction of sp³-hybridized carbons (Fsp3) is 0.286. The van der Waals surface area contributed by atoms with Crippen molar-refractivity contribution in [1.82, 2.24) is 9.78 Å². The molecule has 4 heteroatoms. The number of benzene rings is 1. The second-order valence-corrected chi connectivity index (χ2v) is 5.47. The van der Waals surface area contributed by atoms with Crippen LogP contribution in [0.3, 0.4) is 0 Å². The average molecular weight is 305 g/mol. The van der Waals surface area contributed by atoms with Gasteiger partial charge in [-0.2, -0.15) is 9.78 Å². The number of halogens is 1. The molecule has 1 heterocycles. The predicted molar refractivity (Wildman–Crippen MR) is 74.2 cm³/mol. The van der Waals surface area contributed by atoms with Gasteiger partial charge in [0.1, 0.15) is 0 Å². The first-order valence-corrected chi connectivity index (χ1v) is 6.91. The molecule has 2 aromatic rings. The molecule has 0 fully saturated rings. The minimum absolute atomic E-state index is 0.0475. The quantitative estimate of drug-likeness (QED) is 0.812. The molecule has 0 saturated carbocycles. The number of nitrogens with zero attached hydrogens (tertiary/aromatic N) is 2. The average Bonchev–Trinajstić information content (AvgIpc) is 2.38. The van der Waals surface area contributed by atoms with Crippen molar-refractivity contribution in [2.45, 2.75) is 25.7 Å². The van der Waals surface area contributed by atoms with Crippen LogP contribution in [0.5, 0.6) is 0 Å². The first-order chi connectivity index (χ1) is 8.74. The van der Waals surface area contributed by atoms with E-state index in [1.165, 1.54) is 4.68 Å². The lowest BCUT2D eigenvalue weighted by Gasteiger charge is -2.15. The van der Waals surface area contributed by atoms with Crippen LogP contribution < -0.4 is 5.56 Å². The molecule has 0 N–H and O–H groups in total. The van der Waals surface area contributed by atoms with E-state index in [2.05, 4.69) is 21.0 Å². The van der Waals surface area contributed by atoms with E-state index < -0.39 is 0 Å². The molecular formula is C14H13BrN2O. The lowest BCUT2D eigenvalue weighted by molar-refractivity contribution is 0.629. The zero-order valence-corrected chi connectivity index (χ0v) is 11.5. The summed E-state index contributed by atoms with van der Waals surface area (Å²) in [6.07, 6.45) is 4.28. The minimum atomic E-state index is -0.0475. The lowest BCUT2D eigenvalue weighted by Crippen LogP contribution is -2.24. The minimum Gasteiger partial charge on any atom is -0.267 e. The van der Waals surface area contributed by atoms with Crippen LogP contribution in [0.15, 0.2) is 39.6 Å². The van der Waals surface area contributed by atoms with Crippen LogP contribution in [0.4, 0.5) is 0 Å². The van der Waals surface area contributed by atoms with Crippen molar-refractivity contribution in [3.8, 4) is 5.69 Å². The summed E-state index contributed by atoms with van der Waals surface area (Å²) < 4.78 is 2.45. The van der Waals surface area contributed by atoms with Crippen LogP contribution in [0.2, 0.25) is 0 Å². The topological polar surface area (TPSA) is 34.9 Å². The first kappa shape index (κ1) is 11.7. The van der Waals surface area contributed by atoms with E-state index in [1.807, 2.05) is 24.3 Å². The molecule has 0 atom stereocenters. The number of hydrogen-bond acceptors (Lipinski definition) is 2. The van der Waals surface area contributed by atoms with E-state index in [0.717, 1.165) is 47.1 Å². The Bertz CT molecular complexity index is 648. The number of rotatable bonds is 1. The second kappa shape index (κ2) is 4.69. The summed E-state index contributed by atoms with van der Waals surface area (Å²) in [4.78, 5) is 12.1. The number of hydrogen-bond donors (Lipinski definition) is 0. The highest BCUT2D eigenvalue weighted by Crippen LogP contribution is 2.19. The summed E-state index contributed by atoms with van der Waals surface area (Å²) in [5.74, 6) is 0. The van der Waals surface area contributed by atoms with Gasteiger partial charge in [0.25, 0.3) is 5.56 Å². The molecule has 0 saturated heterocycles. The third kappa shape index (κ3) is 2.12. The largest absolute Gasteiger partial charge is 0.271 e. The Hall–Kier alpha value is -1.42. The monoisotopic (exact) mass is 304 g/mol. The van der Waals surface area contributed by atoms with Gasteiger partial charge in [-0.3, -0.25) is 4.79 Å². The Balaban J connectivity index is 2.15. The summed E-state index contributed by atoms with van der Waals surface area (Å²) in [5.41, 5.74) is 2.95. The van der Waals surface area contributed by atoms with Gasteiger partial charge in [0, 0.05) is 10.5 Å². The Labute approximate surface area is 114 Å². The van der Waals surface area contributed by atoms with Crippen LogP contribution in [-0.2, 0) is 12.8 Å². The molecule has 0 amide bonds. The van der Waals surface area contributed by atoms with Crippen LogP contribution in [0.1, 0.15) is 24.1 Å². The van der Waals surface area contributed by atoms with Gasteiger partial charge in [-0.05, 0) is 49.4 Å². The molecule has 3 rings (SSSR count). The van der Waals surface area contributed by atoms with Gasteiger partial charge < -0.3 is 0 Å². The molecule has 0 aliphatic heterocycles. The van der Waals surface area contributed by atoms with Crippen LogP contribution in [0, 0.1) is 0 Å². The van der Waals surface area contributed by atoms with Crippen molar-refractivity contribution in [3.05, 3.63) is 56.4 Å². The van der Waals surface area contributed by atoms with Crippen LogP contribution >= 0.6 is 15.9 Å². The van der Waals surface area contributed by atoms with Crippen LogP contribution in [0.25, 0.3) is 5.69 Å². The maximum atomic E-state index is 12.1. The van der Waals surface area contributed by atoms with Gasteiger partial charge in [-0.15, -0.1) is 0 Å². The molecule has 0 unspecified atom stereocenters. The van der Waals surface area contributed by atoms with Gasteiger partial charge in [-0.25, -0.2) is 0 Å². The van der Waals surface area contributed by atoms with Crippen molar-refractivity contribution in [2.24, 2.45) is 0 Å². The third-order valence-corrected chi connectivity index (χ3v) is 3.75. The molecule has 0 bridgehead atoms. The van der Waals surface area contributed by atoms with Crippen molar-refractivity contribution in [2.75, 3.05) is 0 Å². The fourth-order valence-electron chi connectivity index (χ4n) is 2.36. The highest BCUT2D eigenvalue weighted by Gasteiger charge is 2.13. The van der Waals surface area contributed by atoms with Gasteiger partial charge in [-0.1, -0.05) is 22.0 Å². The number of aromatic nitrogens is 2. The van der Waals surface area contributed by atoms with E-state index in [4.69, 9.17) is 0 Å². The standard InChI is InChI=1S/C14H13BrN2O/c15-11-5-3-6-12(9-11)17-14(18)8-10-4-1-2-7-13(10)16-17/h3,5-6,8-9H,1-2,4,7H2. The van der Waals surface area contributed by atoms with E-state index >= 15 is 0 Å². The summed E-state index contributed by atoms with van der Waals surface area (Å²) in [6.45, 7) is 0. The van der Waals surface area contributed by atoms with E-state index in [1.54, 1.807) is 6.07 Å². The molecule has 1 aromatic carbocycles. The zero-order chi connectivity index (χ0) is 12.5. The third-order valence-electron chi connectivity index (χ3n) is 3.26. The van der Waals surface area contributed by atoms with Gasteiger partial charge in [0.15, 0.2) is 0 Å². The van der Waals surface area contributed by atoms with Crippen molar-refractivity contribution < 1.29 is 0 Å². The Morgan fingerprint density at radius 2 is 2.00 bits per heavy atom. The molecule has 92 valence electrons. The Morgan fingerprint density at radius 3 is 2.83 bits per heavy atom. The second-order valence-electron chi connectivity index (χ2n) is 4.55. The van der Waals surface area contributed by atoms with Gasteiger partial charge >= 0.3 is 0 Å². The summed E-state index contributed by atoms with van der Waals surface area (Å²) in [7, 11) is 0. The van der Waals surface area contributed by atoms with Gasteiger partial charge in [0.2, 0.25) is 0 Å². The highest BCUT2D eigenvalue weighted by molar-refractivity contribution is 9.10. The molecule has 1 aliphatic rings. The van der Waals surface area contributed by atoms with E-state index in [0.29, 0.717) is 0 Å². The highest BCUT2D eigenvalue weighted by atomic mass is 79.9. The number of aryl methyl sites for hydroxylation is 2. The lowest BCUT2D eigenvalue weighted by atomic mass is 9.97. The van der Waals surface area contributed by atoms with Crippen molar-refractivity contribution >= 4 is 15.9 Å². The molecule has 1 aliphatic carbocycles. The van der Waals surface area contributed by atoms with Crippen molar-refractivity contribution in [3.63, 3.8) is 0 Å². The zero-order valence-electron chi connectivity index (χ0n) is 9.90. The van der Waals surface area contributed by atoms with E-state index in [9.17, 15) is 4.79 Å².